The van der Waals surface area contributed by atoms with E-state index < -0.39 is 28.5 Å². The Balaban J connectivity index is 2.04. The first-order valence-electron chi connectivity index (χ1n) is 13.5. The molecule has 3 rings (SSSR count). The number of anilines is 1. The number of benzene rings is 3. The summed E-state index contributed by atoms with van der Waals surface area (Å²) in [6.07, 6.45) is 1.12. The molecule has 40 heavy (non-hydrogen) atoms. The summed E-state index contributed by atoms with van der Waals surface area (Å²) in [5, 5.41) is 2.98. The van der Waals surface area contributed by atoms with E-state index in [1.54, 1.807) is 36.4 Å². The van der Waals surface area contributed by atoms with E-state index in [0.717, 1.165) is 21.9 Å². The van der Waals surface area contributed by atoms with Crippen molar-refractivity contribution < 1.29 is 22.7 Å². The highest BCUT2D eigenvalue weighted by Gasteiger charge is 2.34. The van der Waals surface area contributed by atoms with Gasteiger partial charge >= 0.3 is 0 Å². The Morgan fingerprint density at radius 1 is 0.900 bits per heavy atom. The van der Waals surface area contributed by atoms with Crippen LogP contribution in [0.1, 0.15) is 44.7 Å². The van der Waals surface area contributed by atoms with E-state index in [1.807, 2.05) is 58.0 Å². The molecule has 0 aliphatic carbocycles. The first kappa shape index (κ1) is 30.7. The number of amides is 2. The lowest BCUT2D eigenvalue weighted by Gasteiger charge is -2.33. The van der Waals surface area contributed by atoms with Gasteiger partial charge in [0.2, 0.25) is 11.8 Å². The van der Waals surface area contributed by atoms with Gasteiger partial charge in [0.05, 0.1) is 17.7 Å². The van der Waals surface area contributed by atoms with Gasteiger partial charge in [0.1, 0.15) is 18.3 Å². The highest BCUT2D eigenvalue weighted by molar-refractivity contribution is 7.92. The summed E-state index contributed by atoms with van der Waals surface area (Å²) < 4.78 is 34.1. The topological polar surface area (TPSA) is 96.0 Å². The Morgan fingerprint density at radius 3 is 2.08 bits per heavy atom. The number of nitrogens with zero attached hydrogens (tertiary/aromatic N) is 2. The average Bonchev–Trinajstić information content (AvgIpc) is 2.96. The number of aryl methyl sites for hydroxylation is 1. The number of hydrogen-bond donors (Lipinski definition) is 1. The molecule has 0 saturated heterocycles. The van der Waals surface area contributed by atoms with E-state index in [4.69, 9.17) is 4.74 Å². The standard InChI is InChI=1S/C31H39N3O5S/c1-6-24(4)32-31(36)29(7-2)33(21-25-11-9-8-10-12-25)30(35)22-34(26-15-13-23(3)14-16-26)40(37,38)28-19-17-27(39-5)18-20-28/h8-20,24,29H,6-7,21-22H2,1-5H3,(H,32,36)/t24-,29-/m1/s1. The molecule has 3 aromatic rings. The average molecular weight is 566 g/mol. The van der Waals surface area contributed by atoms with Gasteiger partial charge in [0.25, 0.3) is 10.0 Å². The number of nitrogens with one attached hydrogen (secondary N) is 1. The quantitative estimate of drug-likeness (QED) is 0.317. The van der Waals surface area contributed by atoms with Crippen molar-refractivity contribution in [2.24, 2.45) is 0 Å². The maximum absolute atomic E-state index is 14.1. The Morgan fingerprint density at radius 2 is 1.52 bits per heavy atom. The second-order valence-corrected chi connectivity index (χ2v) is 11.6. The molecule has 0 radical (unpaired) electrons. The highest BCUT2D eigenvalue weighted by Crippen LogP contribution is 2.26. The van der Waals surface area contributed by atoms with Gasteiger partial charge in [-0.25, -0.2) is 8.42 Å². The predicted molar refractivity (Wildman–Crippen MR) is 158 cm³/mol. The number of hydrogen-bond acceptors (Lipinski definition) is 5. The molecule has 0 fully saturated rings. The van der Waals surface area contributed by atoms with Gasteiger partial charge in [-0.2, -0.15) is 0 Å². The molecule has 2 amide bonds. The van der Waals surface area contributed by atoms with Crippen LogP contribution in [-0.2, 0) is 26.2 Å². The minimum atomic E-state index is -4.14. The summed E-state index contributed by atoms with van der Waals surface area (Å²) in [6, 6.07) is 21.5. The fourth-order valence-electron chi connectivity index (χ4n) is 4.26. The maximum atomic E-state index is 14.1. The molecule has 3 aromatic carbocycles. The summed E-state index contributed by atoms with van der Waals surface area (Å²) in [7, 11) is -2.64. The zero-order valence-electron chi connectivity index (χ0n) is 23.8. The van der Waals surface area contributed by atoms with Crippen LogP contribution in [0.25, 0.3) is 0 Å². The molecule has 9 heteroatoms. The van der Waals surface area contributed by atoms with Gasteiger partial charge in [-0.15, -0.1) is 0 Å². The lowest BCUT2D eigenvalue weighted by Crippen LogP contribution is -2.53. The van der Waals surface area contributed by atoms with E-state index in [9.17, 15) is 18.0 Å². The van der Waals surface area contributed by atoms with E-state index in [-0.39, 0.29) is 23.4 Å². The number of rotatable bonds is 13. The molecule has 214 valence electrons. The van der Waals surface area contributed by atoms with Crippen molar-refractivity contribution >= 4 is 27.5 Å². The molecule has 0 unspecified atom stereocenters. The predicted octanol–water partition coefficient (Wildman–Crippen LogP) is 4.92. The zero-order valence-corrected chi connectivity index (χ0v) is 24.6. The van der Waals surface area contributed by atoms with Gasteiger partial charge in [0, 0.05) is 12.6 Å². The van der Waals surface area contributed by atoms with E-state index in [2.05, 4.69) is 5.32 Å². The summed E-state index contributed by atoms with van der Waals surface area (Å²) in [5.41, 5.74) is 2.15. The van der Waals surface area contributed by atoms with E-state index in [1.165, 1.54) is 24.1 Å². The molecule has 0 bridgehead atoms. The van der Waals surface area contributed by atoms with E-state index >= 15 is 0 Å². The van der Waals surface area contributed by atoms with Crippen LogP contribution < -0.4 is 14.4 Å². The van der Waals surface area contributed by atoms with Crippen LogP contribution in [0, 0.1) is 6.92 Å². The third kappa shape index (κ3) is 7.63. The molecular formula is C31H39N3O5S. The van der Waals surface area contributed by atoms with Crippen LogP contribution in [0.2, 0.25) is 0 Å². The smallest absolute Gasteiger partial charge is 0.264 e. The van der Waals surface area contributed by atoms with Crippen LogP contribution in [-0.4, -0.2) is 50.9 Å². The highest BCUT2D eigenvalue weighted by atomic mass is 32.2. The zero-order chi connectivity index (χ0) is 29.3. The van der Waals surface area contributed by atoms with Crippen LogP contribution in [0.15, 0.2) is 83.8 Å². The van der Waals surface area contributed by atoms with Crippen molar-refractivity contribution in [2.75, 3.05) is 18.0 Å². The van der Waals surface area contributed by atoms with Crippen LogP contribution in [0.5, 0.6) is 5.75 Å². The van der Waals surface area contributed by atoms with Crippen molar-refractivity contribution in [3.05, 3.63) is 90.0 Å². The normalized spacial score (nSPS) is 12.7. The lowest BCUT2D eigenvalue weighted by molar-refractivity contribution is -0.140. The molecule has 2 atom stereocenters. The minimum Gasteiger partial charge on any atom is -0.497 e. The molecule has 0 saturated carbocycles. The second-order valence-electron chi connectivity index (χ2n) is 9.77. The number of sulfonamides is 1. The summed E-state index contributed by atoms with van der Waals surface area (Å²) in [6.45, 7) is 7.32. The SMILES string of the molecule is CC[C@@H](C)NC(=O)[C@@H](CC)N(Cc1ccccc1)C(=O)CN(c1ccc(C)cc1)S(=O)(=O)c1ccc(OC)cc1. The van der Waals surface area contributed by atoms with Crippen LogP contribution in [0.4, 0.5) is 5.69 Å². The lowest BCUT2D eigenvalue weighted by atomic mass is 10.1. The van der Waals surface area contributed by atoms with Crippen molar-refractivity contribution in [2.45, 2.75) is 64.1 Å². The number of ether oxygens (including phenoxy) is 1. The second kappa shape index (κ2) is 14.0. The fraction of sp³-hybridized carbons (Fsp3) is 0.355. The van der Waals surface area contributed by atoms with Crippen LogP contribution in [0.3, 0.4) is 0 Å². The minimum absolute atomic E-state index is 0.0258. The summed E-state index contributed by atoms with van der Waals surface area (Å²) in [4.78, 5) is 28.9. The molecular weight excluding hydrogens is 526 g/mol. The largest absolute Gasteiger partial charge is 0.497 e. The fourth-order valence-corrected chi connectivity index (χ4v) is 5.67. The van der Waals surface area contributed by atoms with Crippen molar-refractivity contribution in [1.82, 2.24) is 10.2 Å². The number of methoxy groups -OCH3 is 1. The van der Waals surface area contributed by atoms with Gasteiger partial charge in [-0.05, 0) is 68.7 Å². The first-order chi connectivity index (χ1) is 19.1. The first-order valence-corrected chi connectivity index (χ1v) is 14.9. The molecule has 1 N–H and O–H groups in total. The Labute approximate surface area is 238 Å². The summed E-state index contributed by atoms with van der Waals surface area (Å²) in [5.74, 6) is -0.224. The monoisotopic (exact) mass is 565 g/mol. The third-order valence-corrected chi connectivity index (χ3v) is 8.62. The van der Waals surface area contributed by atoms with Crippen molar-refractivity contribution in [3.63, 3.8) is 0 Å². The molecule has 0 spiro atoms. The number of carbonyl (C=O) groups is 2. The Kier molecular flexibility index (Phi) is 10.7. The molecule has 0 heterocycles. The third-order valence-electron chi connectivity index (χ3n) is 6.83. The van der Waals surface area contributed by atoms with Gasteiger partial charge in [0.15, 0.2) is 0 Å². The molecule has 8 nitrogen and oxygen atoms in total. The van der Waals surface area contributed by atoms with Gasteiger partial charge in [-0.3, -0.25) is 13.9 Å². The maximum Gasteiger partial charge on any atom is 0.264 e. The Hall–Kier alpha value is -3.85. The van der Waals surface area contributed by atoms with Gasteiger partial charge < -0.3 is 15.0 Å². The molecule has 0 aliphatic rings. The van der Waals surface area contributed by atoms with Crippen molar-refractivity contribution in [3.8, 4) is 5.75 Å². The Bertz CT molecular complexity index is 1360. The van der Waals surface area contributed by atoms with Crippen LogP contribution >= 0.6 is 0 Å². The van der Waals surface area contributed by atoms with Crippen molar-refractivity contribution in [1.29, 1.82) is 0 Å². The molecule has 0 aromatic heterocycles. The molecule has 0 aliphatic heterocycles. The van der Waals surface area contributed by atoms with E-state index in [0.29, 0.717) is 17.9 Å². The van der Waals surface area contributed by atoms with Gasteiger partial charge in [-0.1, -0.05) is 61.9 Å². The number of carbonyl (C=O) groups excluding carboxylic acids is 2. The summed E-state index contributed by atoms with van der Waals surface area (Å²) >= 11 is 0.